The fourth-order valence-corrected chi connectivity index (χ4v) is 4.09. The molecule has 0 radical (unpaired) electrons. The average Bonchev–Trinajstić information content (AvgIpc) is 2.90. The molecule has 1 spiro atoms. The summed E-state index contributed by atoms with van der Waals surface area (Å²) in [6.07, 6.45) is 3.61. The van der Waals surface area contributed by atoms with Crippen molar-refractivity contribution in [2.75, 3.05) is 26.7 Å². The Labute approximate surface area is 124 Å². The van der Waals surface area contributed by atoms with E-state index >= 15 is 0 Å². The van der Waals surface area contributed by atoms with Gasteiger partial charge in [-0.3, -0.25) is 4.79 Å². The number of amides is 1. The van der Waals surface area contributed by atoms with Crippen molar-refractivity contribution in [2.24, 2.45) is 5.41 Å². The maximum Gasteiger partial charge on any atom is 0.237 e. The molecule has 3 rings (SSSR count). The van der Waals surface area contributed by atoms with Gasteiger partial charge >= 0.3 is 0 Å². The van der Waals surface area contributed by atoms with Crippen molar-refractivity contribution in [3.8, 4) is 0 Å². The zero-order valence-electron chi connectivity index (χ0n) is 12.0. The highest BCUT2D eigenvalue weighted by molar-refractivity contribution is 7.07. The van der Waals surface area contributed by atoms with E-state index in [9.17, 15) is 4.79 Å². The lowest BCUT2D eigenvalue weighted by molar-refractivity contribution is -0.132. The third-order valence-corrected chi connectivity index (χ3v) is 5.44. The molecule has 2 heterocycles. The van der Waals surface area contributed by atoms with E-state index in [1.807, 2.05) is 7.05 Å². The summed E-state index contributed by atoms with van der Waals surface area (Å²) < 4.78 is 0. The second-order valence-electron chi connectivity index (χ2n) is 6.02. The zero-order valence-corrected chi connectivity index (χ0v) is 12.8. The van der Waals surface area contributed by atoms with Crippen LogP contribution in [0.15, 0.2) is 16.8 Å². The molecular weight excluding hydrogens is 270 g/mol. The van der Waals surface area contributed by atoms with Crippen LogP contribution in [0.5, 0.6) is 0 Å². The van der Waals surface area contributed by atoms with Gasteiger partial charge in [0.15, 0.2) is 0 Å². The number of nitrogens with zero attached hydrogens (tertiary/aromatic N) is 1. The van der Waals surface area contributed by atoms with Crippen LogP contribution in [0.2, 0.25) is 0 Å². The smallest absolute Gasteiger partial charge is 0.237 e. The zero-order chi connectivity index (χ0) is 14.0. The second kappa shape index (κ2) is 5.84. The Morgan fingerprint density at radius 2 is 2.35 bits per heavy atom. The number of thiophene rings is 1. The summed E-state index contributed by atoms with van der Waals surface area (Å²) >= 11 is 1.70. The number of carbonyl (C=O) groups is 1. The van der Waals surface area contributed by atoms with E-state index in [4.69, 9.17) is 0 Å². The molecule has 2 fully saturated rings. The lowest BCUT2D eigenvalue weighted by Crippen LogP contribution is -2.42. The van der Waals surface area contributed by atoms with E-state index in [0.29, 0.717) is 18.0 Å². The maximum absolute atomic E-state index is 12.4. The van der Waals surface area contributed by atoms with Crippen LogP contribution in [0.1, 0.15) is 24.8 Å². The lowest BCUT2D eigenvalue weighted by Gasteiger charge is -2.29. The van der Waals surface area contributed by atoms with Crippen molar-refractivity contribution in [1.29, 1.82) is 0 Å². The van der Waals surface area contributed by atoms with Crippen LogP contribution in [0, 0.1) is 5.41 Å². The van der Waals surface area contributed by atoms with Gasteiger partial charge < -0.3 is 15.5 Å². The van der Waals surface area contributed by atoms with E-state index in [1.54, 1.807) is 11.3 Å². The Morgan fingerprint density at radius 1 is 1.55 bits per heavy atom. The highest BCUT2D eigenvalue weighted by Gasteiger charge is 2.57. The summed E-state index contributed by atoms with van der Waals surface area (Å²) in [6.45, 7) is 3.41. The molecule has 1 saturated heterocycles. The van der Waals surface area contributed by atoms with Gasteiger partial charge in [0.25, 0.3) is 0 Å². The molecule has 1 aromatic rings. The van der Waals surface area contributed by atoms with Crippen LogP contribution in [0.3, 0.4) is 0 Å². The van der Waals surface area contributed by atoms with Gasteiger partial charge in [0.1, 0.15) is 0 Å². The number of hydrogen-bond acceptors (Lipinski definition) is 4. The largest absolute Gasteiger partial charge is 0.334 e. The minimum atomic E-state index is 0.235. The Balaban J connectivity index is 1.71. The molecule has 1 amide bonds. The first-order chi connectivity index (χ1) is 9.75. The first-order valence-corrected chi connectivity index (χ1v) is 8.35. The van der Waals surface area contributed by atoms with Crippen molar-refractivity contribution >= 4 is 17.2 Å². The van der Waals surface area contributed by atoms with Gasteiger partial charge in [-0.05, 0) is 67.2 Å². The molecule has 1 aromatic heterocycles. The van der Waals surface area contributed by atoms with Crippen LogP contribution >= 0.6 is 11.3 Å². The van der Waals surface area contributed by atoms with Gasteiger partial charge in [0.2, 0.25) is 5.91 Å². The molecule has 5 heteroatoms. The van der Waals surface area contributed by atoms with Gasteiger partial charge in [0.05, 0.1) is 6.54 Å². The van der Waals surface area contributed by atoms with Crippen molar-refractivity contribution in [2.45, 2.75) is 31.8 Å². The molecule has 1 aliphatic carbocycles. The minimum absolute atomic E-state index is 0.235. The van der Waals surface area contributed by atoms with Crippen LogP contribution < -0.4 is 10.6 Å². The van der Waals surface area contributed by atoms with Crippen molar-refractivity contribution in [3.63, 3.8) is 0 Å². The summed E-state index contributed by atoms with van der Waals surface area (Å²) in [5, 5.41) is 10.7. The van der Waals surface area contributed by atoms with Gasteiger partial charge in [-0.25, -0.2) is 0 Å². The number of carbonyl (C=O) groups excluding carboxylic acids is 1. The Kier molecular flexibility index (Phi) is 4.10. The second-order valence-corrected chi connectivity index (χ2v) is 6.80. The van der Waals surface area contributed by atoms with Crippen molar-refractivity contribution < 1.29 is 4.79 Å². The maximum atomic E-state index is 12.4. The SMILES string of the molecule is CNCC(=O)N(Cc1ccsc1)C1CC12CCNCC2. The highest BCUT2D eigenvalue weighted by Crippen LogP contribution is 2.56. The first-order valence-electron chi connectivity index (χ1n) is 7.41. The molecule has 0 bridgehead atoms. The molecule has 1 atom stereocenters. The summed E-state index contributed by atoms with van der Waals surface area (Å²) in [5.74, 6) is 0.235. The number of nitrogens with one attached hydrogen (secondary N) is 2. The summed E-state index contributed by atoms with van der Waals surface area (Å²) in [7, 11) is 1.84. The van der Waals surface area contributed by atoms with E-state index in [1.165, 1.54) is 24.8 Å². The fraction of sp³-hybridized carbons (Fsp3) is 0.667. The highest BCUT2D eigenvalue weighted by atomic mass is 32.1. The van der Waals surface area contributed by atoms with Crippen LogP contribution in [0.25, 0.3) is 0 Å². The average molecular weight is 293 g/mol. The molecule has 1 unspecified atom stereocenters. The van der Waals surface area contributed by atoms with Gasteiger partial charge in [-0.1, -0.05) is 0 Å². The number of rotatable bonds is 5. The standard InChI is InChI=1S/C15H23N3OS/c1-16-9-14(19)18(10-12-2-7-20-11-12)13-8-15(13)3-5-17-6-4-15/h2,7,11,13,16-17H,3-6,8-10H2,1H3. The Bertz CT molecular complexity index is 454. The van der Waals surface area contributed by atoms with Crippen LogP contribution in [0.4, 0.5) is 0 Å². The third kappa shape index (κ3) is 2.75. The molecule has 2 aliphatic rings. The molecule has 4 nitrogen and oxygen atoms in total. The lowest BCUT2D eigenvalue weighted by atomic mass is 9.93. The fourth-order valence-electron chi connectivity index (χ4n) is 3.43. The predicted molar refractivity (Wildman–Crippen MR) is 81.7 cm³/mol. The molecule has 1 saturated carbocycles. The van der Waals surface area contributed by atoms with Crippen molar-refractivity contribution in [3.05, 3.63) is 22.4 Å². The summed E-state index contributed by atoms with van der Waals surface area (Å²) in [6, 6.07) is 2.58. The number of hydrogen-bond donors (Lipinski definition) is 2. The van der Waals surface area contributed by atoms with E-state index in [2.05, 4.69) is 32.4 Å². The van der Waals surface area contributed by atoms with Gasteiger partial charge in [0, 0.05) is 12.6 Å². The van der Waals surface area contributed by atoms with Crippen LogP contribution in [-0.4, -0.2) is 43.5 Å². The molecule has 0 aromatic carbocycles. The summed E-state index contributed by atoms with van der Waals surface area (Å²) in [5.41, 5.74) is 1.67. The van der Waals surface area contributed by atoms with Crippen molar-refractivity contribution in [1.82, 2.24) is 15.5 Å². The number of likely N-dealkylation sites (N-methyl/N-ethyl adjacent to an activating group) is 1. The third-order valence-electron chi connectivity index (χ3n) is 4.70. The van der Waals surface area contributed by atoms with Crippen LogP contribution in [-0.2, 0) is 11.3 Å². The first kappa shape index (κ1) is 14.0. The predicted octanol–water partition coefficient (Wildman–Crippen LogP) is 1.44. The molecule has 110 valence electrons. The topological polar surface area (TPSA) is 44.4 Å². The molecule has 2 N–H and O–H groups in total. The molecule has 1 aliphatic heterocycles. The minimum Gasteiger partial charge on any atom is -0.334 e. The van der Waals surface area contributed by atoms with E-state index in [-0.39, 0.29) is 5.91 Å². The van der Waals surface area contributed by atoms with Gasteiger partial charge in [-0.2, -0.15) is 11.3 Å². The van der Waals surface area contributed by atoms with E-state index in [0.717, 1.165) is 19.6 Å². The molecule has 20 heavy (non-hydrogen) atoms. The molecular formula is C15H23N3OS. The Hall–Kier alpha value is -0.910. The van der Waals surface area contributed by atoms with E-state index < -0.39 is 0 Å². The Morgan fingerprint density at radius 3 is 3.00 bits per heavy atom. The monoisotopic (exact) mass is 293 g/mol. The quantitative estimate of drug-likeness (QED) is 0.863. The summed E-state index contributed by atoms with van der Waals surface area (Å²) in [4.78, 5) is 14.5. The normalized spacial score (nSPS) is 23.8. The van der Waals surface area contributed by atoms with Gasteiger partial charge in [-0.15, -0.1) is 0 Å². The number of piperidine rings is 1.